The molecule has 4 heterocycles. The molecule has 0 N–H and O–H groups in total. The van der Waals surface area contributed by atoms with E-state index in [1.165, 1.54) is 80.7 Å². The molecule has 0 aliphatic rings. The van der Waals surface area contributed by atoms with Gasteiger partial charge in [-0.1, -0.05) is 140 Å². The fraction of sp³-hybridized carbons (Fsp3) is 0. The Morgan fingerprint density at radius 1 is 0.333 bits per heavy atom. The molecule has 12 rings (SSSR count). The molecule has 0 unspecified atom stereocenters. The molecule has 0 atom stereocenters. The molecule has 0 aliphatic carbocycles. The number of rotatable bonds is 5. The molecular weight excluding hydrogens is 711 g/mol. The fourth-order valence-electron chi connectivity index (χ4n) is 8.96. The summed E-state index contributed by atoms with van der Waals surface area (Å²) in [4.78, 5) is 5.52. The topological polar surface area (TPSA) is 22.8 Å². The van der Waals surface area contributed by atoms with Crippen LogP contribution in [-0.4, -0.2) is 14.1 Å². The predicted octanol–water partition coefficient (Wildman–Crippen LogP) is 14.6. The van der Waals surface area contributed by atoms with Crippen molar-refractivity contribution in [3.8, 4) is 45.0 Å². The van der Waals surface area contributed by atoms with E-state index in [0.29, 0.717) is 0 Å². The van der Waals surface area contributed by atoms with Crippen LogP contribution in [0.5, 0.6) is 0 Å². The third kappa shape index (κ3) is 4.94. The summed E-state index contributed by atoms with van der Waals surface area (Å²) in [5, 5.41) is 7.44. The molecule has 0 radical (unpaired) electrons. The molecule has 8 aromatic carbocycles. The molecule has 57 heavy (non-hydrogen) atoms. The van der Waals surface area contributed by atoms with Crippen molar-refractivity contribution in [1.29, 1.82) is 0 Å². The van der Waals surface area contributed by atoms with Gasteiger partial charge in [-0.2, -0.15) is 0 Å². The predicted molar refractivity (Wildman–Crippen MR) is 242 cm³/mol. The number of para-hydroxylation sites is 4. The number of thiophene rings is 1. The first-order chi connectivity index (χ1) is 28.3. The van der Waals surface area contributed by atoms with Gasteiger partial charge in [-0.3, -0.25) is 4.57 Å². The van der Waals surface area contributed by atoms with E-state index in [4.69, 9.17) is 4.98 Å². The monoisotopic (exact) mass is 743 g/mol. The minimum Gasteiger partial charge on any atom is -0.308 e. The zero-order valence-electron chi connectivity index (χ0n) is 30.8. The van der Waals surface area contributed by atoms with E-state index in [9.17, 15) is 0 Å². The van der Waals surface area contributed by atoms with Gasteiger partial charge in [-0.25, -0.2) is 4.98 Å². The molecule has 0 bridgehead atoms. The Labute approximate surface area is 333 Å². The van der Waals surface area contributed by atoms with E-state index in [1.807, 2.05) is 11.3 Å². The van der Waals surface area contributed by atoms with Crippen LogP contribution in [0.1, 0.15) is 0 Å². The van der Waals surface area contributed by atoms with Crippen molar-refractivity contribution in [1.82, 2.24) is 14.1 Å². The van der Waals surface area contributed by atoms with Crippen LogP contribution in [-0.2, 0) is 0 Å². The second kappa shape index (κ2) is 12.6. The van der Waals surface area contributed by atoms with Gasteiger partial charge < -0.3 is 4.57 Å². The highest BCUT2D eigenvalue weighted by atomic mass is 32.1. The van der Waals surface area contributed by atoms with Gasteiger partial charge in [-0.15, -0.1) is 11.3 Å². The number of pyridine rings is 1. The Kier molecular flexibility index (Phi) is 7.10. The molecule has 4 aromatic heterocycles. The van der Waals surface area contributed by atoms with E-state index >= 15 is 0 Å². The van der Waals surface area contributed by atoms with Gasteiger partial charge in [0.2, 0.25) is 0 Å². The van der Waals surface area contributed by atoms with Crippen LogP contribution in [0.25, 0.3) is 109 Å². The lowest BCUT2D eigenvalue weighted by molar-refractivity contribution is 1.08. The number of fused-ring (bicyclic) bond motifs is 9. The molecule has 0 amide bonds. The third-order valence-corrected chi connectivity index (χ3v) is 12.8. The summed E-state index contributed by atoms with van der Waals surface area (Å²) in [5.74, 6) is 0.904. The molecule has 266 valence electrons. The smallest absolute Gasteiger partial charge is 0.138 e. The van der Waals surface area contributed by atoms with Gasteiger partial charge in [0.05, 0.1) is 38.1 Å². The minimum atomic E-state index is 0.904. The third-order valence-electron chi connectivity index (χ3n) is 11.5. The van der Waals surface area contributed by atoms with Gasteiger partial charge in [0, 0.05) is 42.6 Å². The van der Waals surface area contributed by atoms with Gasteiger partial charge in [0.15, 0.2) is 0 Å². The minimum absolute atomic E-state index is 0.904. The van der Waals surface area contributed by atoms with Crippen molar-refractivity contribution in [2.45, 2.75) is 0 Å². The largest absolute Gasteiger partial charge is 0.308 e. The summed E-state index contributed by atoms with van der Waals surface area (Å²) < 4.78 is 7.27. The van der Waals surface area contributed by atoms with Gasteiger partial charge in [-0.05, 0) is 82.9 Å². The summed E-state index contributed by atoms with van der Waals surface area (Å²) in [6.45, 7) is 0. The SMILES string of the molecule is c1ccc(-c2cc(-c3cccc(-n4c5ccccc5c5ccccc54)n3)c3sc4c(-n5c6ccccc6c6ccccc65)cc(-c5ccccc5)cc4c3c2)cc1. The van der Waals surface area contributed by atoms with E-state index < -0.39 is 0 Å². The van der Waals surface area contributed by atoms with Crippen molar-refractivity contribution in [3.63, 3.8) is 0 Å². The maximum Gasteiger partial charge on any atom is 0.138 e. The van der Waals surface area contributed by atoms with E-state index in [0.717, 1.165) is 28.1 Å². The summed E-state index contributed by atoms with van der Waals surface area (Å²) in [6, 6.07) is 72.5. The number of hydrogen-bond acceptors (Lipinski definition) is 2. The molecule has 3 nitrogen and oxygen atoms in total. The summed E-state index contributed by atoms with van der Waals surface area (Å²) in [6.07, 6.45) is 0. The van der Waals surface area contributed by atoms with Crippen LogP contribution >= 0.6 is 11.3 Å². The van der Waals surface area contributed by atoms with E-state index in [2.05, 4.69) is 209 Å². The Morgan fingerprint density at radius 2 is 0.789 bits per heavy atom. The van der Waals surface area contributed by atoms with Gasteiger partial charge in [0.25, 0.3) is 0 Å². The standard InChI is InChI=1S/C53H33N3S/c1-3-16-34(17-4-1)36-30-42-43-31-37(35-18-5-2-6-19-35)33-50(55-46-25-11-7-20-38(46)39-21-8-12-26-47(39)55)53(43)57-52(42)44(32-36)45-24-15-29-51(54-45)56-48-27-13-9-22-40(48)41-23-10-14-28-49(41)56/h1-33H. The molecular formula is C53H33N3S. The molecule has 0 saturated heterocycles. The van der Waals surface area contributed by atoms with Crippen LogP contribution in [0.2, 0.25) is 0 Å². The fourth-order valence-corrected chi connectivity index (χ4v) is 10.3. The molecule has 12 aromatic rings. The van der Waals surface area contributed by atoms with Crippen LogP contribution in [0.15, 0.2) is 200 Å². The lowest BCUT2D eigenvalue weighted by atomic mass is 9.96. The average Bonchev–Trinajstić information content (AvgIpc) is 3.94. The quantitative estimate of drug-likeness (QED) is 0.172. The van der Waals surface area contributed by atoms with Crippen molar-refractivity contribution < 1.29 is 0 Å². The summed E-state index contributed by atoms with van der Waals surface area (Å²) in [5.41, 5.74) is 12.7. The lowest BCUT2D eigenvalue weighted by Crippen LogP contribution is -1.98. The number of hydrogen-bond donors (Lipinski definition) is 0. The first-order valence-corrected chi connectivity index (χ1v) is 20.2. The Morgan fingerprint density at radius 3 is 1.33 bits per heavy atom. The maximum atomic E-state index is 5.52. The highest BCUT2D eigenvalue weighted by Gasteiger charge is 2.22. The average molecular weight is 744 g/mol. The highest BCUT2D eigenvalue weighted by molar-refractivity contribution is 7.26. The molecule has 4 heteroatoms. The normalized spacial score (nSPS) is 11.9. The molecule has 0 fully saturated rings. The number of aromatic nitrogens is 3. The Bertz CT molecular complexity index is 3410. The first kappa shape index (κ1) is 32.0. The van der Waals surface area contributed by atoms with Crippen LogP contribution in [0, 0.1) is 0 Å². The van der Waals surface area contributed by atoms with Crippen LogP contribution in [0.3, 0.4) is 0 Å². The van der Waals surface area contributed by atoms with Crippen molar-refractivity contribution in [2.24, 2.45) is 0 Å². The second-order valence-corrected chi connectivity index (χ2v) is 15.7. The van der Waals surface area contributed by atoms with Crippen molar-refractivity contribution in [3.05, 3.63) is 200 Å². The lowest BCUT2D eigenvalue weighted by Gasteiger charge is -2.13. The first-order valence-electron chi connectivity index (χ1n) is 19.4. The zero-order valence-corrected chi connectivity index (χ0v) is 31.6. The number of nitrogens with zero attached hydrogens (tertiary/aromatic N) is 3. The second-order valence-electron chi connectivity index (χ2n) is 14.7. The zero-order chi connectivity index (χ0) is 37.5. The van der Waals surface area contributed by atoms with Crippen molar-refractivity contribution >= 4 is 75.1 Å². The summed E-state index contributed by atoms with van der Waals surface area (Å²) >= 11 is 1.87. The van der Waals surface area contributed by atoms with Gasteiger partial charge >= 0.3 is 0 Å². The number of benzene rings is 8. The van der Waals surface area contributed by atoms with Gasteiger partial charge in [0.1, 0.15) is 5.82 Å². The molecule has 0 spiro atoms. The van der Waals surface area contributed by atoms with E-state index in [-0.39, 0.29) is 0 Å². The Hall–Kier alpha value is -7.27. The molecule has 0 saturated carbocycles. The summed E-state index contributed by atoms with van der Waals surface area (Å²) in [7, 11) is 0. The Balaban J connectivity index is 1.19. The van der Waals surface area contributed by atoms with Crippen LogP contribution in [0.4, 0.5) is 0 Å². The maximum absolute atomic E-state index is 5.52. The van der Waals surface area contributed by atoms with Crippen LogP contribution < -0.4 is 0 Å². The molecule has 0 aliphatic heterocycles. The van der Waals surface area contributed by atoms with Crippen molar-refractivity contribution in [2.75, 3.05) is 0 Å². The van der Waals surface area contributed by atoms with E-state index in [1.54, 1.807) is 0 Å². The highest BCUT2D eigenvalue weighted by Crippen LogP contribution is 2.47.